The molecule has 138 valence electrons. The maximum atomic E-state index is 4.69. The number of hydrazine groups is 2. The lowest BCUT2D eigenvalue weighted by Gasteiger charge is -2.14. The number of nitrogens with zero attached hydrogens (tertiary/aromatic N) is 4. The Morgan fingerprint density at radius 1 is 1.04 bits per heavy atom. The van der Waals surface area contributed by atoms with E-state index in [1.807, 2.05) is 29.0 Å². The van der Waals surface area contributed by atoms with Crippen LogP contribution in [0, 0.1) is 13.8 Å². The van der Waals surface area contributed by atoms with Crippen molar-refractivity contribution in [2.75, 3.05) is 7.05 Å². The fourth-order valence-electron chi connectivity index (χ4n) is 3.13. The van der Waals surface area contributed by atoms with E-state index in [0.29, 0.717) is 0 Å². The van der Waals surface area contributed by atoms with E-state index in [-0.39, 0.29) is 0 Å². The molecule has 1 aliphatic heterocycles. The second kappa shape index (κ2) is 7.46. The molecule has 0 atom stereocenters. The molecule has 7 heteroatoms. The summed E-state index contributed by atoms with van der Waals surface area (Å²) in [5.41, 5.74) is 11.6. The third-order valence-electron chi connectivity index (χ3n) is 4.33. The molecule has 3 aromatic rings. The number of aromatic nitrogens is 2. The Balaban J connectivity index is 1.75. The molecule has 4 rings (SSSR count). The molecule has 2 heterocycles. The molecule has 1 aliphatic rings. The number of hydrazone groups is 1. The Morgan fingerprint density at radius 3 is 2.44 bits per heavy atom. The van der Waals surface area contributed by atoms with Crippen molar-refractivity contribution in [2.24, 2.45) is 5.10 Å². The first-order valence-electron chi connectivity index (χ1n) is 8.77. The number of hydrogen-bond donors (Lipinski definition) is 2. The highest BCUT2D eigenvalue weighted by Gasteiger charge is 2.23. The number of hydrogen-bond acceptors (Lipinski definition) is 6. The molecule has 6 nitrogen and oxygen atoms in total. The minimum Gasteiger partial charge on any atom is -0.274 e. The van der Waals surface area contributed by atoms with Gasteiger partial charge in [0, 0.05) is 12.8 Å². The molecule has 0 amide bonds. The molecule has 0 unspecified atom stereocenters. The molecule has 0 aliphatic carbocycles. The Morgan fingerprint density at radius 2 is 1.78 bits per heavy atom. The van der Waals surface area contributed by atoms with Gasteiger partial charge in [-0.2, -0.15) is 5.10 Å². The summed E-state index contributed by atoms with van der Waals surface area (Å²) >= 11 is 1.77. The van der Waals surface area contributed by atoms with Crippen molar-refractivity contribution >= 4 is 17.6 Å². The van der Waals surface area contributed by atoms with Gasteiger partial charge in [0.15, 0.2) is 5.84 Å². The topological polar surface area (TPSA) is 57.5 Å². The molecule has 27 heavy (non-hydrogen) atoms. The number of amidine groups is 1. The van der Waals surface area contributed by atoms with Gasteiger partial charge in [0.2, 0.25) is 0 Å². The summed E-state index contributed by atoms with van der Waals surface area (Å²) < 4.78 is 2.01. The van der Waals surface area contributed by atoms with Crippen LogP contribution in [-0.4, -0.2) is 27.7 Å². The molecule has 0 radical (unpaired) electrons. The Labute approximate surface area is 163 Å². The number of thioether (sulfide) groups is 1. The van der Waals surface area contributed by atoms with Gasteiger partial charge < -0.3 is 0 Å². The molecular weight excluding hydrogens is 356 g/mol. The number of rotatable bonds is 5. The van der Waals surface area contributed by atoms with E-state index < -0.39 is 0 Å². The van der Waals surface area contributed by atoms with Gasteiger partial charge >= 0.3 is 0 Å². The number of nitrogens with one attached hydrogen (secondary N) is 2. The fourth-order valence-corrected chi connectivity index (χ4v) is 4.20. The van der Waals surface area contributed by atoms with Gasteiger partial charge in [0.1, 0.15) is 5.03 Å². The van der Waals surface area contributed by atoms with Crippen molar-refractivity contribution in [3.63, 3.8) is 0 Å². The van der Waals surface area contributed by atoms with Gasteiger partial charge in [0.05, 0.1) is 17.4 Å². The van der Waals surface area contributed by atoms with Crippen LogP contribution in [0.15, 0.2) is 64.9 Å². The summed E-state index contributed by atoms with van der Waals surface area (Å²) in [4.78, 5) is 0. The monoisotopic (exact) mass is 378 g/mol. The molecule has 1 aromatic heterocycles. The molecule has 2 N–H and O–H groups in total. The minimum atomic E-state index is 0.821. The van der Waals surface area contributed by atoms with Crippen LogP contribution < -0.4 is 11.1 Å². The van der Waals surface area contributed by atoms with Crippen molar-refractivity contribution in [2.45, 2.75) is 24.6 Å². The van der Waals surface area contributed by atoms with Crippen molar-refractivity contribution in [1.29, 1.82) is 0 Å². The first kappa shape index (κ1) is 17.6. The lowest BCUT2D eigenvalue weighted by atomic mass is 10.1. The smallest absolute Gasteiger partial charge is 0.177 e. The van der Waals surface area contributed by atoms with Crippen molar-refractivity contribution in [1.82, 2.24) is 25.9 Å². The number of aryl methyl sites for hydroxylation is 2. The second-order valence-corrected chi connectivity index (χ2v) is 7.58. The van der Waals surface area contributed by atoms with E-state index in [2.05, 4.69) is 72.5 Å². The summed E-state index contributed by atoms with van der Waals surface area (Å²) in [5.74, 6) is 1.68. The van der Waals surface area contributed by atoms with Crippen molar-refractivity contribution in [3.05, 3.63) is 77.0 Å². The van der Waals surface area contributed by atoms with Crippen molar-refractivity contribution in [3.8, 4) is 5.69 Å². The largest absolute Gasteiger partial charge is 0.274 e. The van der Waals surface area contributed by atoms with Gasteiger partial charge in [-0.3, -0.25) is 5.01 Å². The van der Waals surface area contributed by atoms with Crippen LogP contribution in [0.4, 0.5) is 0 Å². The first-order valence-corrected chi connectivity index (χ1v) is 9.76. The minimum absolute atomic E-state index is 0.821. The lowest BCUT2D eigenvalue weighted by molar-refractivity contribution is 0.348. The van der Waals surface area contributed by atoms with E-state index >= 15 is 0 Å². The second-order valence-electron chi connectivity index (χ2n) is 6.61. The molecule has 0 spiro atoms. The summed E-state index contributed by atoms with van der Waals surface area (Å²) in [6.45, 7) is 4.22. The Hall–Kier alpha value is -2.77. The van der Waals surface area contributed by atoms with E-state index in [1.54, 1.807) is 11.8 Å². The predicted octanol–water partition coefficient (Wildman–Crippen LogP) is 3.40. The van der Waals surface area contributed by atoms with Crippen LogP contribution in [0.25, 0.3) is 5.69 Å². The zero-order valence-electron chi connectivity index (χ0n) is 15.6. The summed E-state index contributed by atoms with van der Waals surface area (Å²) in [6.07, 6.45) is 1.88. The maximum absolute atomic E-state index is 4.69. The van der Waals surface area contributed by atoms with E-state index in [1.165, 1.54) is 16.7 Å². The van der Waals surface area contributed by atoms with Crippen LogP contribution in [0.1, 0.15) is 22.3 Å². The number of benzene rings is 2. The zero-order chi connectivity index (χ0) is 18.8. The van der Waals surface area contributed by atoms with Crippen molar-refractivity contribution < 1.29 is 0 Å². The van der Waals surface area contributed by atoms with Crippen LogP contribution >= 0.6 is 11.8 Å². The van der Waals surface area contributed by atoms with Gasteiger partial charge in [-0.25, -0.2) is 10.2 Å². The Bertz CT molecular complexity index is 959. The fraction of sp³-hybridized carbons (Fsp3) is 0.200. The summed E-state index contributed by atoms with van der Waals surface area (Å²) in [6, 6.07) is 17.0. The molecule has 0 saturated heterocycles. The van der Waals surface area contributed by atoms with Gasteiger partial charge in [-0.05, 0) is 42.7 Å². The first-order chi connectivity index (χ1) is 13.1. The Kier molecular flexibility index (Phi) is 4.87. The quantitative estimate of drug-likeness (QED) is 0.667. The predicted molar refractivity (Wildman–Crippen MR) is 110 cm³/mol. The molecule has 0 saturated carbocycles. The van der Waals surface area contributed by atoms with Gasteiger partial charge in [-0.15, -0.1) is 22.4 Å². The van der Waals surface area contributed by atoms with E-state index in [4.69, 9.17) is 5.10 Å². The molecule has 0 fully saturated rings. The van der Waals surface area contributed by atoms with Crippen LogP contribution in [0.5, 0.6) is 0 Å². The third kappa shape index (κ3) is 3.70. The summed E-state index contributed by atoms with van der Waals surface area (Å²) in [5, 5.41) is 12.0. The zero-order valence-corrected chi connectivity index (χ0v) is 16.4. The van der Waals surface area contributed by atoms with Crippen LogP contribution in [0.3, 0.4) is 0 Å². The highest BCUT2D eigenvalue weighted by molar-refractivity contribution is 7.98. The molecular formula is C20H22N6S. The normalized spacial score (nSPS) is 13.6. The average molecular weight is 379 g/mol. The van der Waals surface area contributed by atoms with E-state index in [9.17, 15) is 0 Å². The lowest BCUT2D eigenvalue weighted by Crippen LogP contribution is -2.37. The van der Waals surface area contributed by atoms with Crippen LogP contribution in [-0.2, 0) is 5.75 Å². The standard InChI is InChI=1S/C20H22N6S/c1-14-9-15(2)11-17(10-14)26-20(27-13-16-7-5-4-6-8-16)18(12-21-26)19-22-23-24-25(19)3/h4-12,23-24H,13H2,1-3H3. The maximum Gasteiger partial charge on any atom is 0.177 e. The highest BCUT2D eigenvalue weighted by atomic mass is 32.2. The van der Waals surface area contributed by atoms with Gasteiger partial charge in [0.25, 0.3) is 0 Å². The highest BCUT2D eigenvalue weighted by Crippen LogP contribution is 2.30. The average Bonchev–Trinajstić information content (AvgIpc) is 3.25. The third-order valence-corrected chi connectivity index (χ3v) is 5.48. The molecule has 2 aromatic carbocycles. The SMILES string of the molecule is Cc1cc(C)cc(-n2ncc(C3=NNNN3C)c2SCc2ccccc2)c1. The summed E-state index contributed by atoms with van der Waals surface area (Å²) in [7, 11) is 1.93. The van der Waals surface area contributed by atoms with E-state index in [0.717, 1.165) is 27.9 Å². The molecule has 0 bridgehead atoms. The van der Waals surface area contributed by atoms with Gasteiger partial charge in [-0.1, -0.05) is 36.4 Å². The van der Waals surface area contributed by atoms with Crippen LogP contribution in [0.2, 0.25) is 0 Å².